The second-order valence-electron chi connectivity index (χ2n) is 4.39. The molecule has 0 aliphatic carbocycles. The molecule has 0 aliphatic heterocycles. The highest BCUT2D eigenvalue weighted by Crippen LogP contribution is 2.26. The van der Waals surface area contributed by atoms with Crippen LogP contribution in [-0.4, -0.2) is 5.91 Å². The molecule has 2 N–H and O–H groups in total. The summed E-state index contributed by atoms with van der Waals surface area (Å²) in [6.07, 6.45) is 0. The molecular formula is C15H13BrFNO2. The van der Waals surface area contributed by atoms with Crippen LogP contribution in [0.1, 0.15) is 21.5 Å². The lowest BCUT2D eigenvalue weighted by Crippen LogP contribution is -2.11. The Bertz CT molecular complexity index is 658. The van der Waals surface area contributed by atoms with Gasteiger partial charge in [-0.15, -0.1) is 0 Å². The summed E-state index contributed by atoms with van der Waals surface area (Å²) >= 11 is 3.39. The minimum atomic E-state index is -0.655. The van der Waals surface area contributed by atoms with E-state index in [0.29, 0.717) is 11.3 Å². The van der Waals surface area contributed by atoms with E-state index in [4.69, 9.17) is 10.5 Å². The standard InChI is InChI=1S/C15H13BrFNO2/c1-9-2-5-14(12(16)6-9)20-8-11-4-3-10(15(18)19)7-13(11)17/h2-7H,8H2,1H3,(H2,18,19). The van der Waals surface area contributed by atoms with Crippen molar-refractivity contribution in [1.29, 1.82) is 0 Å². The molecule has 0 saturated carbocycles. The van der Waals surface area contributed by atoms with Crippen molar-refractivity contribution in [2.75, 3.05) is 0 Å². The molecule has 0 unspecified atom stereocenters. The zero-order valence-corrected chi connectivity index (χ0v) is 12.4. The highest BCUT2D eigenvalue weighted by molar-refractivity contribution is 9.10. The number of aryl methyl sites for hydroxylation is 1. The van der Waals surface area contributed by atoms with Crippen LogP contribution < -0.4 is 10.5 Å². The fourth-order valence-corrected chi connectivity index (χ4v) is 2.30. The largest absolute Gasteiger partial charge is 0.488 e. The Morgan fingerprint density at radius 2 is 2.05 bits per heavy atom. The SMILES string of the molecule is Cc1ccc(OCc2ccc(C(N)=O)cc2F)c(Br)c1. The predicted octanol–water partition coefficient (Wildman–Crippen LogP) is 3.57. The Morgan fingerprint density at radius 1 is 1.30 bits per heavy atom. The first-order valence-corrected chi connectivity index (χ1v) is 6.74. The maximum absolute atomic E-state index is 13.8. The van der Waals surface area contributed by atoms with Gasteiger partial charge >= 0.3 is 0 Å². The summed E-state index contributed by atoms with van der Waals surface area (Å²) in [5.41, 5.74) is 6.69. The van der Waals surface area contributed by atoms with E-state index in [9.17, 15) is 9.18 Å². The number of carbonyl (C=O) groups excluding carboxylic acids is 1. The third-order valence-corrected chi connectivity index (χ3v) is 3.43. The average molecular weight is 338 g/mol. The van der Waals surface area contributed by atoms with Crippen LogP contribution in [0.25, 0.3) is 0 Å². The first-order chi connectivity index (χ1) is 9.47. The van der Waals surface area contributed by atoms with Crippen LogP contribution in [0.2, 0.25) is 0 Å². The fourth-order valence-electron chi connectivity index (χ4n) is 1.70. The van der Waals surface area contributed by atoms with Crippen LogP contribution in [-0.2, 0) is 6.61 Å². The van der Waals surface area contributed by atoms with E-state index in [1.165, 1.54) is 12.1 Å². The molecule has 20 heavy (non-hydrogen) atoms. The van der Waals surface area contributed by atoms with Crippen LogP contribution in [0.4, 0.5) is 4.39 Å². The van der Waals surface area contributed by atoms with E-state index in [0.717, 1.165) is 16.1 Å². The Labute approximate surface area is 124 Å². The molecule has 0 aromatic heterocycles. The molecule has 104 valence electrons. The lowest BCUT2D eigenvalue weighted by atomic mass is 10.1. The van der Waals surface area contributed by atoms with Crippen LogP contribution in [0.15, 0.2) is 40.9 Å². The molecule has 0 saturated heterocycles. The average Bonchev–Trinajstić information content (AvgIpc) is 2.38. The van der Waals surface area contributed by atoms with Crippen LogP contribution >= 0.6 is 15.9 Å². The lowest BCUT2D eigenvalue weighted by Gasteiger charge is -2.10. The monoisotopic (exact) mass is 337 g/mol. The summed E-state index contributed by atoms with van der Waals surface area (Å²) in [4.78, 5) is 10.9. The molecule has 0 heterocycles. The number of halogens is 2. The molecule has 1 amide bonds. The molecule has 0 aliphatic rings. The van der Waals surface area contributed by atoms with Crippen molar-refractivity contribution in [2.24, 2.45) is 5.73 Å². The van der Waals surface area contributed by atoms with Gasteiger partial charge in [-0.3, -0.25) is 4.79 Å². The Kier molecular flexibility index (Phi) is 4.39. The molecular weight excluding hydrogens is 325 g/mol. The van der Waals surface area contributed by atoms with E-state index in [2.05, 4.69) is 15.9 Å². The predicted molar refractivity (Wildman–Crippen MR) is 78.1 cm³/mol. The number of rotatable bonds is 4. The van der Waals surface area contributed by atoms with Crippen LogP contribution in [0.3, 0.4) is 0 Å². The zero-order valence-electron chi connectivity index (χ0n) is 10.8. The maximum Gasteiger partial charge on any atom is 0.248 e. The van der Waals surface area contributed by atoms with Gasteiger partial charge in [0, 0.05) is 11.1 Å². The van der Waals surface area contributed by atoms with Gasteiger partial charge in [-0.1, -0.05) is 12.1 Å². The van der Waals surface area contributed by atoms with Crippen LogP contribution in [0, 0.1) is 12.7 Å². The van der Waals surface area contributed by atoms with Crippen molar-refractivity contribution in [2.45, 2.75) is 13.5 Å². The van der Waals surface area contributed by atoms with E-state index in [1.807, 2.05) is 25.1 Å². The fraction of sp³-hybridized carbons (Fsp3) is 0.133. The molecule has 0 spiro atoms. The van der Waals surface area contributed by atoms with Crippen molar-refractivity contribution in [1.82, 2.24) is 0 Å². The number of benzene rings is 2. The highest BCUT2D eigenvalue weighted by atomic mass is 79.9. The summed E-state index contributed by atoms with van der Waals surface area (Å²) < 4.78 is 20.1. The van der Waals surface area contributed by atoms with E-state index in [-0.39, 0.29) is 12.2 Å². The molecule has 0 radical (unpaired) electrons. The molecule has 0 bridgehead atoms. The molecule has 3 nitrogen and oxygen atoms in total. The van der Waals surface area contributed by atoms with Gasteiger partial charge in [0.05, 0.1) is 4.47 Å². The van der Waals surface area contributed by atoms with Gasteiger partial charge in [-0.2, -0.15) is 0 Å². The van der Waals surface area contributed by atoms with E-state index < -0.39 is 11.7 Å². The lowest BCUT2D eigenvalue weighted by molar-refractivity contribution is 0.0999. The highest BCUT2D eigenvalue weighted by Gasteiger charge is 2.08. The third-order valence-electron chi connectivity index (χ3n) is 2.81. The minimum Gasteiger partial charge on any atom is -0.488 e. The number of amides is 1. The van der Waals surface area contributed by atoms with Gasteiger partial charge < -0.3 is 10.5 Å². The molecule has 5 heteroatoms. The maximum atomic E-state index is 13.8. The Balaban J connectivity index is 2.13. The minimum absolute atomic E-state index is 0.0759. The zero-order chi connectivity index (χ0) is 14.7. The van der Waals surface area contributed by atoms with Gasteiger partial charge in [0.15, 0.2) is 0 Å². The van der Waals surface area contributed by atoms with Crippen molar-refractivity contribution in [3.05, 3.63) is 63.4 Å². The van der Waals surface area contributed by atoms with E-state index >= 15 is 0 Å². The summed E-state index contributed by atoms with van der Waals surface area (Å²) in [5.74, 6) is -0.531. The topological polar surface area (TPSA) is 52.3 Å². The number of hydrogen-bond donors (Lipinski definition) is 1. The number of primary amides is 1. The van der Waals surface area contributed by atoms with Crippen molar-refractivity contribution < 1.29 is 13.9 Å². The molecule has 2 aromatic carbocycles. The van der Waals surface area contributed by atoms with E-state index in [1.54, 1.807) is 0 Å². The smallest absolute Gasteiger partial charge is 0.248 e. The van der Waals surface area contributed by atoms with Crippen LogP contribution in [0.5, 0.6) is 5.75 Å². The van der Waals surface area contributed by atoms with Gasteiger partial charge in [-0.05, 0) is 52.7 Å². The number of nitrogens with two attached hydrogens (primary N) is 1. The van der Waals surface area contributed by atoms with Crippen molar-refractivity contribution in [3.8, 4) is 5.75 Å². The summed E-state index contributed by atoms with van der Waals surface area (Å²) in [7, 11) is 0. The number of carbonyl (C=O) groups is 1. The summed E-state index contributed by atoms with van der Waals surface area (Å²) in [6.45, 7) is 2.04. The van der Waals surface area contributed by atoms with Gasteiger partial charge in [-0.25, -0.2) is 4.39 Å². The number of ether oxygens (including phenoxy) is 1. The molecule has 0 fully saturated rings. The molecule has 2 aromatic rings. The third kappa shape index (κ3) is 3.36. The summed E-state index contributed by atoms with van der Waals surface area (Å²) in [5, 5.41) is 0. The second-order valence-corrected chi connectivity index (χ2v) is 5.25. The van der Waals surface area contributed by atoms with Crippen molar-refractivity contribution >= 4 is 21.8 Å². The molecule has 2 rings (SSSR count). The van der Waals surface area contributed by atoms with Gasteiger partial charge in [0.1, 0.15) is 18.2 Å². The second kappa shape index (κ2) is 6.05. The van der Waals surface area contributed by atoms with Crippen molar-refractivity contribution in [3.63, 3.8) is 0 Å². The first-order valence-electron chi connectivity index (χ1n) is 5.94. The Hall–Kier alpha value is -1.88. The first kappa shape index (κ1) is 14.5. The summed E-state index contributed by atoms with van der Waals surface area (Å²) in [6, 6.07) is 9.74. The van der Waals surface area contributed by atoms with Gasteiger partial charge in [0.2, 0.25) is 5.91 Å². The Morgan fingerprint density at radius 3 is 2.65 bits per heavy atom. The van der Waals surface area contributed by atoms with Gasteiger partial charge in [0.25, 0.3) is 0 Å². The number of hydrogen-bond acceptors (Lipinski definition) is 2. The normalized spacial score (nSPS) is 10.3. The molecule has 0 atom stereocenters. The quantitative estimate of drug-likeness (QED) is 0.927.